The second-order valence-electron chi connectivity index (χ2n) is 5.63. The van der Waals surface area contributed by atoms with Crippen LogP contribution in [0.15, 0.2) is 24.3 Å². The number of benzene rings is 1. The summed E-state index contributed by atoms with van der Waals surface area (Å²) >= 11 is 0. The van der Waals surface area contributed by atoms with E-state index in [0.29, 0.717) is 5.92 Å². The lowest BCUT2D eigenvalue weighted by atomic mass is 9.99. The number of hydrogen-bond acceptors (Lipinski definition) is 2. The van der Waals surface area contributed by atoms with E-state index in [1.165, 1.54) is 5.56 Å². The molecule has 0 fully saturated rings. The third kappa shape index (κ3) is 2.98. The molecule has 1 aromatic carbocycles. The van der Waals surface area contributed by atoms with E-state index >= 15 is 0 Å². The van der Waals surface area contributed by atoms with Crippen molar-refractivity contribution in [2.45, 2.75) is 33.6 Å². The summed E-state index contributed by atoms with van der Waals surface area (Å²) in [6, 6.07) is 8.49. The summed E-state index contributed by atoms with van der Waals surface area (Å²) in [6.45, 7) is 6.56. The quantitative estimate of drug-likeness (QED) is 0.910. The highest BCUT2D eigenvalue weighted by Gasteiger charge is 2.15. The van der Waals surface area contributed by atoms with E-state index in [1.807, 2.05) is 7.05 Å². The van der Waals surface area contributed by atoms with Gasteiger partial charge < -0.3 is 5.73 Å². The van der Waals surface area contributed by atoms with Crippen molar-refractivity contribution in [2.75, 3.05) is 5.73 Å². The molecule has 1 aromatic heterocycles. The molecule has 2 aromatic rings. The first-order valence-corrected chi connectivity index (χ1v) is 6.87. The highest BCUT2D eigenvalue weighted by atomic mass is 15.3. The largest absolute Gasteiger partial charge is 0.383 e. The first-order valence-electron chi connectivity index (χ1n) is 6.87. The Bertz CT molecular complexity index is 550. The van der Waals surface area contributed by atoms with Crippen LogP contribution in [0.4, 0.5) is 5.82 Å². The minimum absolute atomic E-state index is 0.675. The Hall–Kier alpha value is -1.77. The number of nitrogen functional groups attached to an aromatic ring is 1. The van der Waals surface area contributed by atoms with Crippen molar-refractivity contribution < 1.29 is 0 Å². The average Bonchev–Trinajstić information content (AvgIpc) is 2.64. The zero-order valence-corrected chi connectivity index (χ0v) is 12.3. The molecule has 0 aliphatic rings. The van der Waals surface area contributed by atoms with Crippen LogP contribution in [0.3, 0.4) is 0 Å². The maximum atomic E-state index is 6.18. The Morgan fingerprint density at radius 2 is 1.84 bits per heavy atom. The molecule has 3 heteroatoms. The van der Waals surface area contributed by atoms with Crippen LogP contribution in [0.1, 0.15) is 31.5 Å². The van der Waals surface area contributed by atoms with Gasteiger partial charge in [0, 0.05) is 12.6 Å². The van der Waals surface area contributed by atoms with Crippen molar-refractivity contribution in [3.8, 4) is 11.1 Å². The van der Waals surface area contributed by atoms with Gasteiger partial charge in [-0.1, -0.05) is 43.7 Å². The molecule has 0 spiro atoms. The van der Waals surface area contributed by atoms with Crippen LogP contribution in [0.25, 0.3) is 11.1 Å². The summed E-state index contributed by atoms with van der Waals surface area (Å²) in [4.78, 5) is 0. The van der Waals surface area contributed by atoms with E-state index in [0.717, 1.165) is 35.5 Å². The van der Waals surface area contributed by atoms with Crippen LogP contribution in [0, 0.1) is 12.8 Å². The highest BCUT2D eigenvalue weighted by Crippen LogP contribution is 2.30. The number of hydrogen-bond donors (Lipinski definition) is 1. The Kier molecular flexibility index (Phi) is 3.93. The average molecular weight is 257 g/mol. The summed E-state index contributed by atoms with van der Waals surface area (Å²) in [6.07, 6.45) is 2.11. The van der Waals surface area contributed by atoms with Gasteiger partial charge in [-0.15, -0.1) is 0 Å². The molecule has 0 aliphatic carbocycles. The van der Waals surface area contributed by atoms with Gasteiger partial charge in [0.25, 0.3) is 0 Å². The summed E-state index contributed by atoms with van der Waals surface area (Å²) < 4.78 is 1.78. The molecular weight excluding hydrogens is 234 g/mol. The molecule has 2 rings (SSSR count). The van der Waals surface area contributed by atoms with Gasteiger partial charge in [0.05, 0.1) is 5.69 Å². The minimum atomic E-state index is 0.675. The zero-order valence-electron chi connectivity index (χ0n) is 12.3. The fourth-order valence-corrected chi connectivity index (χ4v) is 2.23. The second kappa shape index (κ2) is 5.47. The predicted molar refractivity (Wildman–Crippen MR) is 81.0 cm³/mol. The number of nitrogens with zero attached hydrogens (tertiary/aromatic N) is 2. The first kappa shape index (κ1) is 13.7. The number of anilines is 1. The molecule has 0 radical (unpaired) electrons. The van der Waals surface area contributed by atoms with Gasteiger partial charge in [-0.25, -0.2) is 0 Å². The van der Waals surface area contributed by atoms with Crippen molar-refractivity contribution in [2.24, 2.45) is 13.0 Å². The molecular formula is C16H23N3. The van der Waals surface area contributed by atoms with E-state index in [1.54, 1.807) is 4.68 Å². The van der Waals surface area contributed by atoms with E-state index in [9.17, 15) is 0 Å². The van der Waals surface area contributed by atoms with Gasteiger partial charge in [-0.05, 0) is 31.2 Å². The third-order valence-electron chi connectivity index (χ3n) is 3.46. The van der Waals surface area contributed by atoms with Crippen molar-refractivity contribution >= 4 is 5.82 Å². The van der Waals surface area contributed by atoms with Crippen LogP contribution in [-0.2, 0) is 13.5 Å². The summed E-state index contributed by atoms with van der Waals surface area (Å²) in [5.74, 6) is 1.43. The molecule has 0 saturated carbocycles. The molecule has 2 N–H and O–H groups in total. The van der Waals surface area contributed by atoms with Crippen LogP contribution in [0.2, 0.25) is 0 Å². The summed E-state index contributed by atoms with van der Waals surface area (Å²) in [5, 5.41) is 4.57. The minimum Gasteiger partial charge on any atom is -0.383 e. The monoisotopic (exact) mass is 257 g/mol. The number of nitrogens with two attached hydrogens (primary N) is 1. The molecule has 3 nitrogen and oxygen atoms in total. The van der Waals surface area contributed by atoms with E-state index in [4.69, 9.17) is 5.73 Å². The number of aromatic nitrogens is 2. The lowest BCUT2D eigenvalue weighted by molar-refractivity contribution is 0.577. The molecule has 0 amide bonds. The van der Waals surface area contributed by atoms with Gasteiger partial charge in [-0.2, -0.15) is 5.10 Å². The molecule has 102 valence electrons. The van der Waals surface area contributed by atoms with E-state index < -0.39 is 0 Å². The molecule has 0 bridgehead atoms. The lowest BCUT2D eigenvalue weighted by Crippen LogP contribution is -1.98. The second-order valence-corrected chi connectivity index (χ2v) is 5.63. The fourth-order valence-electron chi connectivity index (χ4n) is 2.23. The Morgan fingerprint density at radius 1 is 1.21 bits per heavy atom. The molecule has 0 atom stereocenters. The van der Waals surface area contributed by atoms with Crippen LogP contribution < -0.4 is 5.73 Å². The third-order valence-corrected chi connectivity index (χ3v) is 3.46. The molecule has 0 saturated heterocycles. The van der Waals surface area contributed by atoms with Crippen LogP contribution in [0.5, 0.6) is 0 Å². The predicted octanol–water partition coefficient (Wildman–Crippen LogP) is 3.57. The first-order chi connectivity index (χ1) is 8.99. The normalized spacial score (nSPS) is 11.2. The highest BCUT2D eigenvalue weighted by molar-refractivity contribution is 5.76. The molecule has 19 heavy (non-hydrogen) atoms. The van der Waals surface area contributed by atoms with Crippen LogP contribution >= 0.6 is 0 Å². The Morgan fingerprint density at radius 3 is 2.42 bits per heavy atom. The van der Waals surface area contributed by atoms with Crippen molar-refractivity contribution in [1.82, 2.24) is 9.78 Å². The van der Waals surface area contributed by atoms with Gasteiger partial charge >= 0.3 is 0 Å². The number of rotatable bonds is 4. The maximum Gasteiger partial charge on any atom is 0.129 e. The Balaban J connectivity index is 2.40. The topological polar surface area (TPSA) is 43.8 Å². The van der Waals surface area contributed by atoms with Crippen LogP contribution in [-0.4, -0.2) is 9.78 Å². The zero-order chi connectivity index (χ0) is 14.0. The smallest absolute Gasteiger partial charge is 0.129 e. The molecule has 0 unspecified atom stereocenters. The van der Waals surface area contributed by atoms with Gasteiger partial charge in [0.2, 0.25) is 0 Å². The molecule has 0 aliphatic heterocycles. The van der Waals surface area contributed by atoms with Gasteiger partial charge in [-0.3, -0.25) is 4.68 Å². The Labute approximate surface area is 115 Å². The van der Waals surface area contributed by atoms with E-state index in [2.05, 4.69) is 50.1 Å². The molecule has 1 heterocycles. The number of aryl methyl sites for hydroxylation is 3. The van der Waals surface area contributed by atoms with Gasteiger partial charge in [0.1, 0.15) is 5.82 Å². The van der Waals surface area contributed by atoms with Crippen molar-refractivity contribution in [3.63, 3.8) is 0 Å². The fraction of sp³-hybridized carbons (Fsp3) is 0.438. The SMILES string of the molecule is Cc1ccc(-c2c(CCC(C)C)nn(C)c2N)cc1. The van der Waals surface area contributed by atoms with Crippen molar-refractivity contribution in [3.05, 3.63) is 35.5 Å². The maximum absolute atomic E-state index is 6.18. The summed E-state index contributed by atoms with van der Waals surface area (Å²) in [5.41, 5.74) is 10.8. The van der Waals surface area contributed by atoms with Crippen molar-refractivity contribution in [1.29, 1.82) is 0 Å². The lowest BCUT2D eigenvalue weighted by Gasteiger charge is -2.06. The summed E-state index contributed by atoms with van der Waals surface area (Å²) in [7, 11) is 1.91. The standard InChI is InChI=1S/C16H23N3/c1-11(2)5-10-14-15(16(17)19(4)18-14)13-8-6-12(3)7-9-13/h6-9,11H,5,10,17H2,1-4H3. The van der Waals surface area contributed by atoms with E-state index in [-0.39, 0.29) is 0 Å². The van der Waals surface area contributed by atoms with Gasteiger partial charge in [0.15, 0.2) is 0 Å².